The molecule has 0 aliphatic carbocycles. The quantitative estimate of drug-likeness (QED) is 0.417. The highest BCUT2D eigenvalue weighted by Crippen LogP contribution is 2.15. The molecule has 0 atom stereocenters. The average molecular weight is 203 g/mol. The van der Waals surface area contributed by atoms with Gasteiger partial charge in [0, 0.05) is 12.1 Å². The lowest BCUT2D eigenvalue weighted by Crippen LogP contribution is -2.01. The molecule has 0 aliphatic rings. The minimum atomic E-state index is 0.343. The maximum absolute atomic E-state index is 10.7. The third-order valence-corrected chi connectivity index (χ3v) is 1.86. The largest absolute Gasteiger partial charge is 0.491 e. The number of terminal acetylenes is 1. The van der Waals surface area contributed by atoms with Crippen molar-refractivity contribution in [1.29, 1.82) is 0 Å². The van der Waals surface area contributed by atoms with E-state index >= 15 is 0 Å². The summed E-state index contributed by atoms with van der Waals surface area (Å²) in [5.41, 5.74) is 1.14. The summed E-state index contributed by atoms with van der Waals surface area (Å²) in [5, 5.41) is 0. The van der Waals surface area contributed by atoms with Crippen LogP contribution in [0.25, 0.3) is 0 Å². The van der Waals surface area contributed by atoms with Crippen LogP contribution < -0.4 is 4.74 Å². The molecule has 0 unspecified atom stereocenters. The Kier molecular flexibility index (Phi) is 4.36. The highest BCUT2D eigenvalue weighted by atomic mass is 16.5. The van der Waals surface area contributed by atoms with Gasteiger partial charge in [-0.1, -0.05) is 0 Å². The van der Waals surface area contributed by atoms with E-state index < -0.39 is 0 Å². The zero-order valence-corrected chi connectivity index (χ0v) is 8.69. The molecule has 3 nitrogen and oxygen atoms in total. The van der Waals surface area contributed by atoms with E-state index in [1.807, 2.05) is 13.0 Å². The minimum Gasteiger partial charge on any atom is -0.491 e. The van der Waals surface area contributed by atoms with E-state index in [0.717, 1.165) is 12.1 Å². The summed E-state index contributed by atoms with van der Waals surface area (Å²) in [6.07, 6.45) is 7.26. The summed E-state index contributed by atoms with van der Waals surface area (Å²) in [4.78, 5) is 14.8. The second-order valence-corrected chi connectivity index (χ2v) is 3.11. The Bertz CT molecular complexity index is 380. The fourth-order valence-electron chi connectivity index (χ4n) is 1.13. The van der Waals surface area contributed by atoms with E-state index in [9.17, 15) is 4.79 Å². The van der Waals surface area contributed by atoms with Gasteiger partial charge in [0.1, 0.15) is 11.4 Å². The van der Waals surface area contributed by atoms with Gasteiger partial charge in [-0.15, -0.1) is 12.3 Å². The molecule has 3 heteroatoms. The van der Waals surface area contributed by atoms with Crippen LogP contribution >= 0.6 is 0 Å². The number of carbonyl (C=O) groups excluding carboxylic acids is 1. The highest BCUT2D eigenvalue weighted by Gasteiger charge is 2.03. The molecule has 0 bridgehead atoms. The molecule has 0 aliphatic heterocycles. The van der Waals surface area contributed by atoms with Crippen LogP contribution in [0, 0.1) is 19.3 Å². The van der Waals surface area contributed by atoms with Crippen molar-refractivity contribution in [3.05, 3.63) is 23.5 Å². The van der Waals surface area contributed by atoms with Crippen LogP contribution in [0.3, 0.4) is 0 Å². The van der Waals surface area contributed by atoms with Crippen molar-refractivity contribution in [1.82, 2.24) is 4.98 Å². The number of hydrogen-bond donors (Lipinski definition) is 0. The highest BCUT2D eigenvalue weighted by molar-refractivity contribution is 5.76. The van der Waals surface area contributed by atoms with Crippen molar-refractivity contribution in [2.45, 2.75) is 19.8 Å². The zero-order valence-electron chi connectivity index (χ0n) is 8.69. The zero-order chi connectivity index (χ0) is 11.1. The van der Waals surface area contributed by atoms with Gasteiger partial charge in [0.15, 0.2) is 6.29 Å². The minimum absolute atomic E-state index is 0.343. The van der Waals surface area contributed by atoms with Gasteiger partial charge in [0.25, 0.3) is 0 Å². The standard InChI is InChI=1S/C12H13NO2/c1-3-4-5-8-15-12-7-6-10(2)13-11(12)9-14/h1,6-7,9H,4-5,8H2,2H3. The van der Waals surface area contributed by atoms with Crippen molar-refractivity contribution in [2.24, 2.45) is 0 Å². The topological polar surface area (TPSA) is 39.2 Å². The van der Waals surface area contributed by atoms with Gasteiger partial charge in [-0.05, 0) is 25.5 Å². The van der Waals surface area contributed by atoms with Crippen molar-refractivity contribution in [2.75, 3.05) is 6.61 Å². The average Bonchev–Trinajstić information content (AvgIpc) is 2.26. The van der Waals surface area contributed by atoms with Gasteiger partial charge in [0.05, 0.1) is 6.61 Å². The Morgan fingerprint density at radius 2 is 2.40 bits per heavy atom. The number of carbonyl (C=O) groups is 1. The molecule has 0 spiro atoms. The van der Waals surface area contributed by atoms with E-state index in [1.165, 1.54) is 0 Å². The molecule has 0 aromatic carbocycles. The maximum atomic E-state index is 10.7. The molecule has 1 aromatic rings. The van der Waals surface area contributed by atoms with E-state index in [2.05, 4.69) is 10.9 Å². The van der Waals surface area contributed by atoms with Crippen LogP contribution in [0.15, 0.2) is 12.1 Å². The van der Waals surface area contributed by atoms with Crippen LogP contribution in [-0.2, 0) is 0 Å². The molecular weight excluding hydrogens is 190 g/mol. The molecule has 15 heavy (non-hydrogen) atoms. The van der Waals surface area contributed by atoms with Crippen LogP contribution in [0.1, 0.15) is 29.0 Å². The first-order valence-corrected chi connectivity index (χ1v) is 4.77. The predicted octanol–water partition coefficient (Wildman–Crippen LogP) is 1.99. The first kappa shape index (κ1) is 11.3. The van der Waals surface area contributed by atoms with Crippen LogP contribution in [0.5, 0.6) is 5.75 Å². The van der Waals surface area contributed by atoms with Crippen LogP contribution in [0.4, 0.5) is 0 Å². The van der Waals surface area contributed by atoms with Crippen molar-refractivity contribution in [3.63, 3.8) is 0 Å². The molecular formula is C12H13NO2. The Labute approximate surface area is 89.5 Å². The number of rotatable bonds is 5. The summed E-state index contributed by atoms with van der Waals surface area (Å²) in [6.45, 7) is 2.34. The van der Waals surface area contributed by atoms with Gasteiger partial charge in [-0.25, -0.2) is 4.98 Å². The Hall–Kier alpha value is -1.82. The lowest BCUT2D eigenvalue weighted by molar-refractivity contribution is 0.111. The number of ether oxygens (including phenoxy) is 1. The van der Waals surface area contributed by atoms with E-state index in [1.54, 1.807) is 6.07 Å². The van der Waals surface area contributed by atoms with Crippen LogP contribution in [-0.4, -0.2) is 17.9 Å². The SMILES string of the molecule is C#CCCCOc1ccc(C)nc1C=O. The second kappa shape index (κ2) is 5.82. The molecule has 1 rings (SSSR count). The molecule has 0 fully saturated rings. The van der Waals surface area contributed by atoms with Gasteiger partial charge in [-0.2, -0.15) is 0 Å². The fraction of sp³-hybridized carbons (Fsp3) is 0.333. The summed E-state index contributed by atoms with van der Waals surface area (Å²) in [7, 11) is 0. The Morgan fingerprint density at radius 3 is 3.07 bits per heavy atom. The first-order chi connectivity index (χ1) is 7.27. The Morgan fingerprint density at radius 1 is 1.60 bits per heavy atom. The monoisotopic (exact) mass is 203 g/mol. The number of aldehydes is 1. The van der Waals surface area contributed by atoms with E-state index in [0.29, 0.717) is 30.8 Å². The second-order valence-electron chi connectivity index (χ2n) is 3.11. The summed E-state index contributed by atoms with van der Waals surface area (Å²) >= 11 is 0. The summed E-state index contributed by atoms with van der Waals surface area (Å²) in [6, 6.07) is 3.56. The molecule has 0 saturated carbocycles. The first-order valence-electron chi connectivity index (χ1n) is 4.77. The smallest absolute Gasteiger partial charge is 0.172 e. The predicted molar refractivity (Wildman–Crippen MR) is 57.9 cm³/mol. The van der Waals surface area contributed by atoms with E-state index in [-0.39, 0.29) is 0 Å². The van der Waals surface area contributed by atoms with Crippen molar-refractivity contribution >= 4 is 6.29 Å². The summed E-state index contributed by atoms with van der Waals surface area (Å²) in [5.74, 6) is 3.05. The van der Waals surface area contributed by atoms with Gasteiger partial charge >= 0.3 is 0 Å². The van der Waals surface area contributed by atoms with E-state index in [4.69, 9.17) is 11.2 Å². The molecule has 0 radical (unpaired) electrons. The molecule has 1 aromatic heterocycles. The van der Waals surface area contributed by atoms with Crippen molar-refractivity contribution < 1.29 is 9.53 Å². The molecule has 0 amide bonds. The lowest BCUT2D eigenvalue weighted by Gasteiger charge is -2.06. The number of nitrogens with zero attached hydrogens (tertiary/aromatic N) is 1. The number of aromatic nitrogens is 1. The molecule has 0 N–H and O–H groups in total. The fourth-order valence-corrected chi connectivity index (χ4v) is 1.13. The number of aryl methyl sites for hydroxylation is 1. The summed E-state index contributed by atoms with van der Waals surface area (Å²) < 4.78 is 5.40. The normalized spacial score (nSPS) is 9.33. The number of unbranched alkanes of at least 4 members (excludes halogenated alkanes) is 1. The molecule has 1 heterocycles. The van der Waals surface area contributed by atoms with Gasteiger partial charge < -0.3 is 4.74 Å². The van der Waals surface area contributed by atoms with Crippen LogP contribution in [0.2, 0.25) is 0 Å². The maximum Gasteiger partial charge on any atom is 0.172 e. The molecule has 78 valence electrons. The molecule has 0 saturated heterocycles. The number of hydrogen-bond acceptors (Lipinski definition) is 3. The third kappa shape index (κ3) is 3.43. The lowest BCUT2D eigenvalue weighted by atomic mass is 10.3. The van der Waals surface area contributed by atoms with Gasteiger partial charge in [-0.3, -0.25) is 4.79 Å². The number of pyridine rings is 1. The Balaban J connectivity index is 2.60. The van der Waals surface area contributed by atoms with Gasteiger partial charge in [0.2, 0.25) is 0 Å². The third-order valence-electron chi connectivity index (χ3n) is 1.86. The van der Waals surface area contributed by atoms with Crippen molar-refractivity contribution in [3.8, 4) is 18.1 Å².